The standard InChI is InChI=1S/C22H19F3N2O4S/c1-31-14-16-5-2-3-8-20(16)26-21(28)15-9-11-19(12-10-15)32(29,30)27-18-7-4-6-17(13-18)22(23,24)25/h2-13,27H,14H2,1H3,(H,26,28). The van der Waals surface area contributed by atoms with Crippen molar-refractivity contribution < 1.29 is 31.1 Å². The Morgan fingerprint density at radius 1 is 0.969 bits per heavy atom. The number of ether oxygens (including phenoxy) is 1. The van der Waals surface area contributed by atoms with Crippen LogP contribution in [0.1, 0.15) is 21.5 Å². The average Bonchev–Trinajstić information content (AvgIpc) is 2.75. The minimum absolute atomic E-state index is 0.203. The van der Waals surface area contributed by atoms with Crippen LogP contribution in [0, 0.1) is 0 Å². The lowest BCUT2D eigenvalue weighted by Crippen LogP contribution is -2.16. The SMILES string of the molecule is COCc1ccccc1NC(=O)c1ccc(S(=O)(=O)Nc2cccc(C(F)(F)F)c2)cc1. The lowest BCUT2D eigenvalue weighted by molar-refractivity contribution is -0.137. The zero-order valence-electron chi connectivity index (χ0n) is 16.8. The van der Waals surface area contributed by atoms with E-state index in [4.69, 9.17) is 4.74 Å². The Bertz CT molecular complexity index is 1210. The number of carbonyl (C=O) groups excluding carboxylic acids is 1. The second-order valence-corrected chi connectivity index (χ2v) is 8.44. The lowest BCUT2D eigenvalue weighted by atomic mass is 10.1. The molecule has 32 heavy (non-hydrogen) atoms. The van der Waals surface area contributed by atoms with Gasteiger partial charge in [0.05, 0.1) is 17.1 Å². The Kier molecular flexibility index (Phi) is 6.85. The molecule has 168 valence electrons. The van der Waals surface area contributed by atoms with Crippen LogP contribution < -0.4 is 10.0 Å². The summed E-state index contributed by atoms with van der Waals surface area (Å²) in [4.78, 5) is 12.3. The smallest absolute Gasteiger partial charge is 0.380 e. The third kappa shape index (κ3) is 5.65. The molecule has 0 saturated heterocycles. The highest BCUT2D eigenvalue weighted by atomic mass is 32.2. The number of amides is 1. The van der Waals surface area contributed by atoms with E-state index in [0.29, 0.717) is 18.4 Å². The van der Waals surface area contributed by atoms with Gasteiger partial charge in [0.15, 0.2) is 0 Å². The van der Waals surface area contributed by atoms with Gasteiger partial charge in [0.1, 0.15) is 0 Å². The number of benzene rings is 3. The molecular weight excluding hydrogens is 445 g/mol. The first kappa shape index (κ1) is 23.3. The molecule has 3 aromatic carbocycles. The first-order valence-electron chi connectivity index (χ1n) is 9.28. The molecular formula is C22H19F3N2O4S. The summed E-state index contributed by atoms with van der Waals surface area (Å²) < 4.78 is 70.8. The normalized spacial score (nSPS) is 11.8. The van der Waals surface area contributed by atoms with Gasteiger partial charge < -0.3 is 10.1 Å². The summed E-state index contributed by atoms with van der Waals surface area (Å²) in [6.07, 6.45) is -4.60. The van der Waals surface area contributed by atoms with Crippen LogP contribution in [-0.4, -0.2) is 21.4 Å². The van der Waals surface area contributed by atoms with E-state index >= 15 is 0 Å². The molecule has 0 heterocycles. The first-order valence-corrected chi connectivity index (χ1v) is 10.8. The molecule has 0 radical (unpaired) electrons. The van der Waals surface area contributed by atoms with Crippen molar-refractivity contribution in [2.45, 2.75) is 17.7 Å². The van der Waals surface area contributed by atoms with Crippen LogP contribution in [0.3, 0.4) is 0 Å². The van der Waals surface area contributed by atoms with Gasteiger partial charge in [-0.15, -0.1) is 0 Å². The van der Waals surface area contributed by atoms with Gasteiger partial charge in [-0.25, -0.2) is 8.42 Å². The van der Waals surface area contributed by atoms with E-state index in [2.05, 4.69) is 10.0 Å². The van der Waals surface area contributed by atoms with Crippen molar-refractivity contribution in [2.24, 2.45) is 0 Å². The minimum atomic E-state index is -4.60. The molecule has 10 heteroatoms. The Balaban J connectivity index is 1.75. The zero-order chi connectivity index (χ0) is 23.4. The summed E-state index contributed by atoms with van der Waals surface area (Å²) in [6, 6.07) is 16.0. The van der Waals surface area contributed by atoms with E-state index < -0.39 is 27.7 Å². The highest BCUT2D eigenvalue weighted by Crippen LogP contribution is 2.31. The van der Waals surface area contributed by atoms with Crippen LogP contribution in [0.25, 0.3) is 0 Å². The summed E-state index contributed by atoms with van der Waals surface area (Å²) in [7, 11) is -2.62. The van der Waals surface area contributed by atoms with Crippen molar-refractivity contribution in [3.63, 3.8) is 0 Å². The number of methoxy groups -OCH3 is 1. The highest BCUT2D eigenvalue weighted by Gasteiger charge is 2.30. The number of para-hydroxylation sites is 1. The van der Waals surface area contributed by atoms with E-state index in [0.717, 1.165) is 17.7 Å². The number of halogens is 3. The van der Waals surface area contributed by atoms with Gasteiger partial charge in [0.25, 0.3) is 15.9 Å². The first-order chi connectivity index (χ1) is 15.1. The predicted molar refractivity (Wildman–Crippen MR) is 114 cm³/mol. The molecule has 0 unspecified atom stereocenters. The van der Waals surface area contributed by atoms with Gasteiger partial charge in [0, 0.05) is 29.6 Å². The van der Waals surface area contributed by atoms with Crippen molar-refractivity contribution in [3.8, 4) is 0 Å². The van der Waals surface area contributed by atoms with Gasteiger partial charge in [-0.3, -0.25) is 9.52 Å². The Hall–Kier alpha value is -3.37. The largest absolute Gasteiger partial charge is 0.416 e. The Morgan fingerprint density at radius 2 is 1.66 bits per heavy atom. The molecule has 1 amide bonds. The summed E-state index contributed by atoms with van der Waals surface area (Å²) in [6.45, 7) is 0.300. The maximum atomic E-state index is 12.8. The van der Waals surface area contributed by atoms with Gasteiger partial charge >= 0.3 is 6.18 Å². The number of rotatable bonds is 7. The quantitative estimate of drug-likeness (QED) is 0.521. The summed E-state index contributed by atoms with van der Waals surface area (Å²) in [5, 5.41) is 2.74. The fraction of sp³-hybridized carbons (Fsp3) is 0.136. The number of nitrogens with one attached hydrogen (secondary N) is 2. The number of hydrogen-bond donors (Lipinski definition) is 2. The van der Waals surface area contributed by atoms with E-state index in [-0.39, 0.29) is 16.1 Å². The van der Waals surface area contributed by atoms with Crippen LogP contribution in [0.15, 0.2) is 77.7 Å². The monoisotopic (exact) mass is 464 g/mol. The topological polar surface area (TPSA) is 84.5 Å². The van der Waals surface area contributed by atoms with E-state index in [1.54, 1.807) is 24.3 Å². The van der Waals surface area contributed by atoms with Crippen molar-refractivity contribution >= 4 is 27.3 Å². The maximum absolute atomic E-state index is 12.8. The summed E-state index contributed by atoms with van der Waals surface area (Å²) in [5.41, 5.74) is 0.334. The fourth-order valence-corrected chi connectivity index (χ4v) is 3.93. The summed E-state index contributed by atoms with van der Waals surface area (Å²) in [5.74, 6) is -0.455. The van der Waals surface area contributed by atoms with Crippen molar-refractivity contribution in [3.05, 3.63) is 89.5 Å². The van der Waals surface area contributed by atoms with Crippen LogP contribution >= 0.6 is 0 Å². The van der Waals surface area contributed by atoms with Crippen molar-refractivity contribution in [1.29, 1.82) is 0 Å². The lowest BCUT2D eigenvalue weighted by Gasteiger charge is -2.12. The third-order valence-electron chi connectivity index (χ3n) is 4.43. The molecule has 0 aliphatic rings. The minimum Gasteiger partial charge on any atom is -0.380 e. The molecule has 0 spiro atoms. The molecule has 0 fully saturated rings. The molecule has 0 atom stereocenters. The Morgan fingerprint density at radius 3 is 2.31 bits per heavy atom. The van der Waals surface area contributed by atoms with Crippen molar-refractivity contribution in [1.82, 2.24) is 0 Å². The van der Waals surface area contributed by atoms with Crippen LogP contribution in [0.4, 0.5) is 24.5 Å². The summed E-state index contributed by atoms with van der Waals surface area (Å²) >= 11 is 0. The maximum Gasteiger partial charge on any atom is 0.416 e. The number of alkyl halides is 3. The third-order valence-corrected chi connectivity index (χ3v) is 5.83. The number of sulfonamides is 1. The molecule has 0 saturated carbocycles. The number of carbonyl (C=O) groups is 1. The average molecular weight is 464 g/mol. The van der Waals surface area contributed by atoms with Crippen molar-refractivity contribution in [2.75, 3.05) is 17.1 Å². The van der Waals surface area contributed by atoms with E-state index in [1.807, 2.05) is 0 Å². The molecule has 0 bridgehead atoms. The zero-order valence-corrected chi connectivity index (χ0v) is 17.6. The van der Waals surface area contributed by atoms with E-state index in [9.17, 15) is 26.4 Å². The molecule has 0 aliphatic heterocycles. The predicted octanol–water partition coefficient (Wildman–Crippen LogP) is 4.90. The molecule has 6 nitrogen and oxygen atoms in total. The van der Waals surface area contributed by atoms with Crippen LogP contribution in [0.5, 0.6) is 0 Å². The van der Waals surface area contributed by atoms with Gasteiger partial charge in [-0.05, 0) is 48.5 Å². The molecule has 0 aromatic heterocycles. The second kappa shape index (κ2) is 9.41. The highest BCUT2D eigenvalue weighted by molar-refractivity contribution is 7.92. The Labute approximate surface area is 183 Å². The van der Waals surface area contributed by atoms with Gasteiger partial charge in [0.2, 0.25) is 0 Å². The number of anilines is 2. The fourth-order valence-electron chi connectivity index (χ4n) is 2.88. The van der Waals surface area contributed by atoms with E-state index in [1.165, 1.54) is 37.4 Å². The second-order valence-electron chi connectivity index (χ2n) is 6.75. The van der Waals surface area contributed by atoms with Crippen LogP contribution in [0.2, 0.25) is 0 Å². The van der Waals surface area contributed by atoms with Crippen LogP contribution in [-0.2, 0) is 27.5 Å². The molecule has 3 rings (SSSR count). The molecule has 3 aromatic rings. The van der Waals surface area contributed by atoms with Gasteiger partial charge in [-0.1, -0.05) is 24.3 Å². The molecule has 2 N–H and O–H groups in total. The van der Waals surface area contributed by atoms with Gasteiger partial charge in [-0.2, -0.15) is 13.2 Å². The number of hydrogen-bond acceptors (Lipinski definition) is 4. The molecule has 0 aliphatic carbocycles.